The highest BCUT2D eigenvalue weighted by Gasteiger charge is 2.65. The lowest BCUT2D eigenvalue weighted by Crippen LogP contribution is -2.48. The molecule has 1 saturated carbocycles. The molecule has 18 heteroatoms. The minimum atomic E-state index is -5.44. The lowest BCUT2D eigenvalue weighted by atomic mass is 9.81. The molecule has 3 aromatic carbocycles. The SMILES string of the molecule is Cc1cc(C(=O)NCC2CCN(C)CC2)ccc1-c1ccc(C[C@H](NC(=O)C2CCC(CN)CC2)C(=O)Nc2ccc(-c3n[nH]c(C(F)(F)C(F)(F)C(=O)O)n3)cc2)cc1.Cl. The van der Waals surface area contributed by atoms with Gasteiger partial charge in [0.05, 0.1) is 0 Å². The number of carbonyl (C=O) groups is 4. The molecule has 2 aliphatic rings. The van der Waals surface area contributed by atoms with Crippen LogP contribution >= 0.6 is 12.4 Å². The Morgan fingerprint density at radius 1 is 0.902 bits per heavy atom. The van der Waals surface area contributed by atoms with Crippen LogP contribution in [0.1, 0.15) is 65.8 Å². The van der Waals surface area contributed by atoms with E-state index in [0.29, 0.717) is 43.3 Å². The van der Waals surface area contributed by atoms with E-state index < -0.39 is 41.4 Å². The molecule has 0 bridgehead atoms. The first-order valence-corrected chi connectivity index (χ1v) is 20.1. The molecule has 1 atom stereocenters. The minimum Gasteiger partial charge on any atom is -0.477 e. The Hall–Kier alpha value is -5.39. The van der Waals surface area contributed by atoms with E-state index in [0.717, 1.165) is 61.0 Å². The maximum absolute atomic E-state index is 14.3. The fraction of sp³-hybridized carbons (Fsp3) is 0.442. The zero-order valence-electron chi connectivity index (χ0n) is 33.9. The van der Waals surface area contributed by atoms with E-state index in [-0.39, 0.29) is 47.8 Å². The van der Waals surface area contributed by atoms with Gasteiger partial charge in [0.25, 0.3) is 5.91 Å². The van der Waals surface area contributed by atoms with Crippen molar-refractivity contribution >= 4 is 41.8 Å². The molecule has 2 fully saturated rings. The van der Waals surface area contributed by atoms with Gasteiger partial charge in [-0.25, -0.2) is 9.78 Å². The van der Waals surface area contributed by atoms with E-state index in [1.54, 1.807) is 5.10 Å². The number of alkyl halides is 4. The van der Waals surface area contributed by atoms with Crippen molar-refractivity contribution in [3.63, 3.8) is 0 Å². The van der Waals surface area contributed by atoms with Crippen LogP contribution in [0.15, 0.2) is 66.7 Å². The minimum absolute atomic E-state index is 0. The number of aromatic amines is 1. The van der Waals surface area contributed by atoms with Gasteiger partial charge in [-0.15, -0.1) is 12.4 Å². The van der Waals surface area contributed by atoms with E-state index in [9.17, 15) is 36.7 Å². The summed E-state index contributed by atoms with van der Waals surface area (Å²) in [5.74, 6) is -16.0. The number of aryl methyl sites for hydroxylation is 1. The Kier molecular flexibility index (Phi) is 15.3. The molecule has 1 aliphatic carbocycles. The van der Waals surface area contributed by atoms with Gasteiger partial charge in [-0.05, 0) is 143 Å². The van der Waals surface area contributed by atoms with Gasteiger partial charge >= 0.3 is 17.8 Å². The number of rotatable bonds is 15. The van der Waals surface area contributed by atoms with Gasteiger partial charge < -0.3 is 31.7 Å². The Morgan fingerprint density at radius 2 is 1.54 bits per heavy atom. The number of aliphatic carboxylic acids is 1. The van der Waals surface area contributed by atoms with Gasteiger partial charge in [0.15, 0.2) is 5.82 Å². The van der Waals surface area contributed by atoms with Crippen molar-refractivity contribution in [2.24, 2.45) is 23.5 Å². The van der Waals surface area contributed by atoms with Crippen molar-refractivity contribution in [1.29, 1.82) is 0 Å². The molecule has 3 amide bonds. The van der Waals surface area contributed by atoms with E-state index >= 15 is 0 Å². The largest absolute Gasteiger partial charge is 0.477 e. The van der Waals surface area contributed by atoms with Crippen LogP contribution in [0.5, 0.6) is 0 Å². The smallest absolute Gasteiger partial charge is 0.411 e. The molecule has 0 spiro atoms. The second-order valence-corrected chi connectivity index (χ2v) is 15.9. The van der Waals surface area contributed by atoms with Crippen molar-refractivity contribution in [3.05, 3.63) is 89.2 Å². The van der Waals surface area contributed by atoms with Crippen molar-refractivity contribution < 1.29 is 41.8 Å². The first kappa shape index (κ1) is 46.7. The molecule has 13 nitrogen and oxygen atoms in total. The molecule has 328 valence electrons. The normalized spacial score (nSPS) is 18.1. The number of hydrogen-bond donors (Lipinski definition) is 6. The lowest BCUT2D eigenvalue weighted by molar-refractivity contribution is -0.231. The van der Waals surface area contributed by atoms with Gasteiger partial charge in [-0.2, -0.15) is 22.7 Å². The molecule has 6 rings (SSSR count). The number of likely N-dealkylation sites (tertiary alicyclic amines) is 1. The summed E-state index contributed by atoms with van der Waals surface area (Å²) < 4.78 is 55.9. The lowest BCUT2D eigenvalue weighted by Gasteiger charge is -2.28. The predicted molar refractivity (Wildman–Crippen MR) is 223 cm³/mol. The summed E-state index contributed by atoms with van der Waals surface area (Å²) in [4.78, 5) is 56.7. The fourth-order valence-corrected chi connectivity index (χ4v) is 7.70. The summed E-state index contributed by atoms with van der Waals surface area (Å²) in [6, 6.07) is 17.8. The molecule has 7 N–H and O–H groups in total. The number of anilines is 1. The van der Waals surface area contributed by atoms with Crippen LogP contribution in [0.3, 0.4) is 0 Å². The van der Waals surface area contributed by atoms with Crippen LogP contribution in [0.4, 0.5) is 23.2 Å². The van der Waals surface area contributed by atoms with Crippen molar-refractivity contribution in [2.75, 3.05) is 38.5 Å². The number of H-pyrrole nitrogens is 1. The third-order valence-corrected chi connectivity index (χ3v) is 11.6. The molecule has 1 aliphatic heterocycles. The molecule has 0 unspecified atom stereocenters. The number of carboxylic acid groups (broad SMARTS) is 1. The summed E-state index contributed by atoms with van der Waals surface area (Å²) in [6.45, 7) is 5.21. The molecular formula is C43H51ClF4N8O5. The number of piperidine rings is 1. The first-order valence-electron chi connectivity index (χ1n) is 20.1. The van der Waals surface area contributed by atoms with Crippen molar-refractivity contribution in [2.45, 2.75) is 69.8 Å². The number of nitrogens with one attached hydrogen (secondary N) is 4. The zero-order valence-corrected chi connectivity index (χ0v) is 34.7. The molecule has 1 aromatic heterocycles. The summed E-state index contributed by atoms with van der Waals surface area (Å²) in [7, 11) is 2.11. The quantitative estimate of drug-likeness (QED) is 0.0757. The molecule has 0 radical (unpaired) electrons. The number of halogens is 5. The van der Waals surface area contributed by atoms with Crippen LogP contribution in [0.2, 0.25) is 0 Å². The third kappa shape index (κ3) is 11.1. The summed E-state index contributed by atoms with van der Waals surface area (Å²) in [6.07, 6.45) is 5.20. The van der Waals surface area contributed by atoms with Crippen molar-refractivity contribution in [1.82, 2.24) is 30.7 Å². The van der Waals surface area contributed by atoms with E-state index in [2.05, 4.69) is 38.0 Å². The van der Waals surface area contributed by atoms with Crippen LogP contribution < -0.4 is 21.7 Å². The molecule has 61 heavy (non-hydrogen) atoms. The topological polar surface area (TPSA) is 195 Å². The number of benzene rings is 3. The maximum Gasteiger partial charge on any atom is 0.411 e. The molecular weight excluding hydrogens is 820 g/mol. The van der Waals surface area contributed by atoms with E-state index in [1.165, 1.54) is 24.3 Å². The predicted octanol–water partition coefficient (Wildman–Crippen LogP) is 6.18. The number of amides is 3. The third-order valence-electron chi connectivity index (χ3n) is 11.6. The van der Waals surface area contributed by atoms with Crippen LogP contribution in [0.25, 0.3) is 22.5 Å². The van der Waals surface area contributed by atoms with Gasteiger partial charge in [-0.1, -0.05) is 30.3 Å². The summed E-state index contributed by atoms with van der Waals surface area (Å²) in [5, 5.41) is 22.6. The Bertz CT molecular complexity index is 2160. The molecule has 4 aromatic rings. The first-order chi connectivity index (χ1) is 28.5. The van der Waals surface area contributed by atoms with E-state index in [1.807, 2.05) is 49.4 Å². The molecule has 2 heterocycles. The average Bonchev–Trinajstić information content (AvgIpc) is 3.75. The number of carboxylic acids is 1. The van der Waals surface area contributed by atoms with Gasteiger partial charge in [0, 0.05) is 35.7 Å². The Labute approximate surface area is 357 Å². The van der Waals surface area contributed by atoms with Crippen LogP contribution in [0, 0.1) is 24.7 Å². The standard InChI is InChI=1S/C43H50F4N8O5.ClH/c1-25-21-32(37(56)49-24-28-17-19-55(2)20-18-28)13-16-34(25)29-7-3-26(4-8-29)22-35(51-38(57)31-9-5-27(23-48)6-10-31)39(58)50-33-14-11-30(12-15-33)36-52-40(54-53-36)42(44,45)43(46,47)41(59)60;/h3-4,7-8,11-16,21,27-28,31,35H,5-6,9-10,17-20,22-24,48H2,1-2H3,(H,49,56)(H,50,58)(H,51,57)(H,59,60)(H,52,53,54);1H/t27?,31?,35-;/m0./s1. The highest BCUT2D eigenvalue weighted by atomic mass is 35.5. The highest BCUT2D eigenvalue weighted by Crippen LogP contribution is 2.42. The van der Waals surface area contributed by atoms with Gasteiger partial charge in [0.1, 0.15) is 6.04 Å². The fourth-order valence-electron chi connectivity index (χ4n) is 7.70. The summed E-state index contributed by atoms with van der Waals surface area (Å²) >= 11 is 0. The maximum atomic E-state index is 14.3. The number of hydrogen-bond acceptors (Lipinski definition) is 8. The van der Waals surface area contributed by atoms with Gasteiger partial charge in [0.2, 0.25) is 17.6 Å². The second kappa shape index (κ2) is 20.0. The zero-order chi connectivity index (χ0) is 43.2. The average molecular weight is 871 g/mol. The van der Waals surface area contributed by atoms with Gasteiger partial charge in [-0.3, -0.25) is 19.5 Å². The highest BCUT2D eigenvalue weighted by molar-refractivity contribution is 5.98. The monoisotopic (exact) mass is 870 g/mol. The number of nitrogens with zero attached hydrogens (tertiary/aromatic N) is 3. The molecule has 1 saturated heterocycles. The summed E-state index contributed by atoms with van der Waals surface area (Å²) in [5.41, 5.74) is 10.4. The number of nitrogens with two attached hydrogens (primary N) is 1. The van der Waals surface area contributed by atoms with Crippen LogP contribution in [-0.2, 0) is 26.7 Å². The van der Waals surface area contributed by atoms with Crippen LogP contribution in [-0.4, -0.2) is 94.1 Å². The number of aromatic nitrogens is 3. The van der Waals surface area contributed by atoms with E-state index in [4.69, 9.17) is 10.8 Å². The number of carbonyl (C=O) groups excluding carboxylic acids is 3. The Balaban J connectivity index is 0.00000704. The van der Waals surface area contributed by atoms with Crippen molar-refractivity contribution in [3.8, 4) is 22.5 Å². The second-order valence-electron chi connectivity index (χ2n) is 15.9. The Morgan fingerprint density at radius 3 is 2.15 bits per heavy atom.